The molecular weight excluding hydrogens is 536 g/mol. The van der Waals surface area contributed by atoms with Crippen molar-refractivity contribution in [2.45, 2.75) is 40.8 Å². The fourth-order valence-corrected chi connectivity index (χ4v) is 5.41. The molecule has 0 aliphatic rings. The van der Waals surface area contributed by atoms with E-state index in [-0.39, 0.29) is 12.4 Å². The molecular formula is C36H34N4O3. The number of para-hydroxylation sites is 1. The normalized spacial score (nSPS) is 11.4. The van der Waals surface area contributed by atoms with Crippen molar-refractivity contribution in [3.05, 3.63) is 142 Å². The van der Waals surface area contributed by atoms with Crippen LogP contribution < -0.4 is 10.2 Å². The summed E-state index contributed by atoms with van der Waals surface area (Å²) in [6, 6.07) is 32.3. The number of ether oxygens (including phenoxy) is 1. The Morgan fingerprint density at radius 1 is 0.860 bits per heavy atom. The van der Waals surface area contributed by atoms with Crippen molar-refractivity contribution >= 4 is 23.0 Å². The Morgan fingerprint density at radius 2 is 1.58 bits per heavy atom. The molecule has 7 heteroatoms. The van der Waals surface area contributed by atoms with E-state index in [9.17, 15) is 4.79 Å². The van der Waals surface area contributed by atoms with Crippen LogP contribution in [0.4, 0.5) is 0 Å². The highest BCUT2D eigenvalue weighted by atomic mass is 16.5. The Labute approximate surface area is 251 Å². The number of aryl methyl sites for hydroxylation is 3. The fraction of sp³-hybridized carbons (Fsp3) is 0.167. The van der Waals surface area contributed by atoms with Crippen LogP contribution >= 0.6 is 0 Å². The van der Waals surface area contributed by atoms with Gasteiger partial charge in [-0.1, -0.05) is 48.0 Å². The predicted octanol–water partition coefficient (Wildman–Crippen LogP) is 7.65. The van der Waals surface area contributed by atoms with Gasteiger partial charge < -0.3 is 18.3 Å². The predicted molar refractivity (Wildman–Crippen MR) is 170 cm³/mol. The van der Waals surface area contributed by atoms with Gasteiger partial charge in [-0.15, -0.1) is 0 Å². The van der Waals surface area contributed by atoms with Crippen LogP contribution in [0.1, 0.15) is 50.1 Å². The van der Waals surface area contributed by atoms with Gasteiger partial charge in [0.1, 0.15) is 18.1 Å². The Kier molecular flexibility index (Phi) is 7.71. The maximum absolute atomic E-state index is 12.8. The van der Waals surface area contributed by atoms with E-state index in [1.54, 1.807) is 18.3 Å². The molecule has 1 N–H and O–H groups in total. The number of furan rings is 1. The summed E-state index contributed by atoms with van der Waals surface area (Å²) < 4.78 is 16.1. The second-order valence-corrected chi connectivity index (χ2v) is 10.8. The average Bonchev–Trinajstić information content (AvgIpc) is 3.70. The van der Waals surface area contributed by atoms with Crippen LogP contribution in [0.5, 0.6) is 5.75 Å². The smallest absolute Gasteiger partial charge is 0.307 e. The number of amides is 1. The lowest BCUT2D eigenvalue weighted by Gasteiger charge is -2.10. The van der Waals surface area contributed by atoms with E-state index in [1.807, 2.05) is 36.4 Å². The van der Waals surface area contributed by atoms with E-state index >= 15 is 0 Å². The van der Waals surface area contributed by atoms with E-state index in [0.29, 0.717) is 5.76 Å². The number of fused-ring (bicyclic) bond motifs is 1. The zero-order valence-corrected chi connectivity index (χ0v) is 24.8. The van der Waals surface area contributed by atoms with Crippen molar-refractivity contribution in [1.82, 2.24) is 14.6 Å². The fourth-order valence-electron chi connectivity index (χ4n) is 5.41. The number of hydrazone groups is 1. The van der Waals surface area contributed by atoms with Crippen molar-refractivity contribution in [2.75, 3.05) is 0 Å². The van der Waals surface area contributed by atoms with E-state index in [4.69, 9.17) is 9.15 Å². The van der Waals surface area contributed by atoms with Crippen molar-refractivity contribution in [2.24, 2.45) is 5.10 Å². The SMILES string of the molecule is Cc1ccc(Cn2c(C)c(/C=N/NC(=O)c3ccc(COc4ccc(-n5c(C)ccc5C)cc4)o3)c3ccccc32)cc1. The monoisotopic (exact) mass is 570 g/mol. The molecule has 0 spiro atoms. The Morgan fingerprint density at radius 3 is 2.33 bits per heavy atom. The molecule has 3 aromatic heterocycles. The summed E-state index contributed by atoms with van der Waals surface area (Å²) in [6.07, 6.45) is 1.70. The summed E-state index contributed by atoms with van der Waals surface area (Å²) in [7, 11) is 0. The van der Waals surface area contributed by atoms with Crippen LogP contribution in [0.2, 0.25) is 0 Å². The number of nitrogens with zero attached hydrogens (tertiary/aromatic N) is 3. The number of hydrogen-bond acceptors (Lipinski definition) is 4. The number of rotatable bonds is 9. The molecule has 7 nitrogen and oxygen atoms in total. The van der Waals surface area contributed by atoms with Crippen LogP contribution in [-0.2, 0) is 13.2 Å². The molecule has 0 radical (unpaired) electrons. The highest BCUT2D eigenvalue weighted by Crippen LogP contribution is 2.26. The zero-order valence-electron chi connectivity index (χ0n) is 24.8. The lowest BCUT2D eigenvalue weighted by atomic mass is 10.1. The summed E-state index contributed by atoms with van der Waals surface area (Å²) >= 11 is 0. The summed E-state index contributed by atoms with van der Waals surface area (Å²) in [5.41, 5.74) is 11.7. The summed E-state index contributed by atoms with van der Waals surface area (Å²) in [4.78, 5) is 12.8. The summed E-state index contributed by atoms with van der Waals surface area (Å²) in [5, 5.41) is 5.35. The number of hydrogen-bond donors (Lipinski definition) is 1. The molecule has 0 fully saturated rings. The van der Waals surface area contributed by atoms with Crippen molar-refractivity contribution in [3.63, 3.8) is 0 Å². The van der Waals surface area contributed by atoms with Crippen LogP contribution in [0.25, 0.3) is 16.6 Å². The minimum absolute atomic E-state index is 0.170. The number of benzene rings is 3. The Balaban J connectivity index is 1.09. The van der Waals surface area contributed by atoms with E-state index in [2.05, 4.69) is 95.9 Å². The third-order valence-corrected chi connectivity index (χ3v) is 7.73. The van der Waals surface area contributed by atoms with Crippen LogP contribution in [0.15, 0.2) is 107 Å². The zero-order chi connectivity index (χ0) is 29.9. The highest BCUT2D eigenvalue weighted by molar-refractivity contribution is 6.01. The molecule has 1 amide bonds. The lowest BCUT2D eigenvalue weighted by Crippen LogP contribution is -2.16. The molecule has 6 rings (SSSR count). The van der Waals surface area contributed by atoms with Gasteiger partial charge in [0.2, 0.25) is 0 Å². The Hall–Kier alpha value is -5.30. The van der Waals surface area contributed by atoms with Gasteiger partial charge >= 0.3 is 5.91 Å². The van der Waals surface area contributed by atoms with E-state index < -0.39 is 5.91 Å². The first-order valence-electron chi connectivity index (χ1n) is 14.3. The Bertz CT molecular complexity index is 1900. The summed E-state index contributed by atoms with van der Waals surface area (Å²) in [6.45, 7) is 9.29. The standard InChI is InChI=1S/C36H34N4O3/c1-24-9-13-28(14-10-24)22-39-27(4)33(32-7-5-6-8-34(32)39)21-37-38-36(41)35-20-19-31(43-35)23-42-30-17-15-29(16-18-30)40-25(2)11-12-26(40)3/h5-21H,22-23H2,1-4H3,(H,38,41)/b37-21+. The maximum Gasteiger partial charge on any atom is 0.307 e. The third-order valence-electron chi connectivity index (χ3n) is 7.73. The van der Waals surface area contributed by atoms with Crippen LogP contribution in [-0.4, -0.2) is 21.3 Å². The minimum atomic E-state index is -0.426. The summed E-state index contributed by atoms with van der Waals surface area (Å²) in [5.74, 6) is 1.01. The van der Waals surface area contributed by atoms with Gasteiger partial charge in [0, 0.05) is 45.8 Å². The molecule has 0 aliphatic heterocycles. The molecule has 0 saturated carbocycles. The minimum Gasteiger partial charge on any atom is -0.486 e. The second kappa shape index (κ2) is 11.9. The molecule has 0 saturated heterocycles. The second-order valence-electron chi connectivity index (χ2n) is 10.8. The molecule has 0 aliphatic carbocycles. The molecule has 3 heterocycles. The van der Waals surface area contributed by atoms with Gasteiger partial charge in [-0.3, -0.25) is 4.79 Å². The topological polar surface area (TPSA) is 73.7 Å². The maximum atomic E-state index is 12.8. The van der Waals surface area contributed by atoms with Crippen molar-refractivity contribution in [1.29, 1.82) is 0 Å². The lowest BCUT2D eigenvalue weighted by molar-refractivity contribution is 0.0923. The van der Waals surface area contributed by atoms with E-state index in [0.717, 1.165) is 40.1 Å². The molecule has 6 aromatic rings. The molecule has 0 bridgehead atoms. The number of aromatic nitrogens is 2. The highest BCUT2D eigenvalue weighted by Gasteiger charge is 2.14. The third kappa shape index (κ3) is 5.88. The van der Waals surface area contributed by atoms with Gasteiger partial charge in [-0.05, 0) is 87.9 Å². The first-order chi connectivity index (χ1) is 20.9. The molecule has 0 atom stereocenters. The molecule has 3 aromatic carbocycles. The van der Waals surface area contributed by atoms with Gasteiger partial charge in [0.05, 0.1) is 6.21 Å². The molecule has 0 unspecified atom stereocenters. The largest absolute Gasteiger partial charge is 0.486 e. The first-order valence-corrected chi connectivity index (χ1v) is 14.3. The quantitative estimate of drug-likeness (QED) is 0.143. The van der Waals surface area contributed by atoms with Crippen molar-refractivity contribution < 1.29 is 13.9 Å². The number of carbonyl (C=O) groups is 1. The van der Waals surface area contributed by atoms with Crippen LogP contribution in [0.3, 0.4) is 0 Å². The van der Waals surface area contributed by atoms with Gasteiger partial charge in [-0.2, -0.15) is 5.10 Å². The van der Waals surface area contributed by atoms with Gasteiger partial charge in [0.15, 0.2) is 5.76 Å². The van der Waals surface area contributed by atoms with Crippen molar-refractivity contribution in [3.8, 4) is 11.4 Å². The van der Waals surface area contributed by atoms with E-state index in [1.165, 1.54) is 22.5 Å². The number of carbonyl (C=O) groups excluding carboxylic acids is 1. The van der Waals surface area contributed by atoms with Gasteiger partial charge in [-0.25, -0.2) is 5.43 Å². The molecule has 216 valence electrons. The average molecular weight is 571 g/mol. The number of nitrogens with one attached hydrogen (secondary N) is 1. The van der Waals surface area contributed by atoms with Gasteiger partial charge in [0.25, 0.3) is 0 Å². The first kappa shape index (κ1) is 27.8. The van der Waals surface area contributed by atoms with Crippen LogP contribution in [0, 0.1) is 27.7 Å². The molecule has 43 heavy (non-hydrogen) atoms.